The molecule has 0 spiro atoms. The zero-order valence-electron chi connectivity index (χ0n) is 46.0. The Kier molecular flexibility index (Phi) is 21.9. The number of H-pyrrole nitrogens is 2. The second kappa shape index (κ2) is 29.6. The highest BCUT2D eigenvalue weighted by molar-refractivity contribution is 8.00. The summed E-state index contributed by atoms with van der Waals surface area (Å²) in [6, 6.07) is 26.5. The fraction of sp³-hybridized carbons (Fsp3) is 0.500. The van der Waals surface area contributed by atoms with E-state index in [1.54, 1.807) is 0 Å². The third kappa shape index (κ3) is 14.3. The third-order valence-electron chi connectivity index (χ3n) is 14.8. The quantitative estimate of drug-likeness (QED) is 0.0313. The summed E-state index contributed by atoms with van der Waals surface area (Å²) in [4.78, 5) is 45.6. The van der Waals surface area contributed by atoms with Crippen molar-refractivity contribution in [3.63, 3.8) is 0 Å². The van der Waals surface area contributed by atoms with E-state index in [1.165, 1.54) is 174 Å². The van der Waals surface area contributed by atoms with Crippen LogP contribution in [0.4, 0.5) is 0 Å². The van der Waals surface area contributed by atoms with Gasteiger partial charge >= 0.3 is 0 Å². The largest absolute Gasteiger partial charge is 0.324 e. The Morgan fingerprint density at radius 3 is 0.974 bits per heavy atom. The molecule has 2 N–H and O–H groups in total. The van der Waals surface area contributed by atoms with Crippen LogP contribution in [0.2, 0.25) is 0 Å². The maximum atomic E-state index is 5.58. The van der Waals surface area contributed by atoms with E-state index in [1.807, 2.05) is 47.0 Å². The van der Waals surface area contributed by atoms with Crippen LogP contribution in [0.5, 0.6) is 0 Å². The van der Waals surface area contributed by atoms with Crippen molar-refractivity contribution in [2.24, 2.45) is 0 Å². The van der Waals surface area contributed by atoms with E-state index in [0.29, 0.717) is 23.3 Å². The monoisotopic (exact) mass is 1090 g/mol. The molecule has 2 aliphatic heterocycles. The number of rotatable bonds is 32. The predicted molar refractivity (Wildman–Crippen MR) is 332 cm³/mol. The lowest BCUT2D eigenvalue weighted by molar-refractivity contribution is 0.627. The van der Waals surface area contributed by atoms with Crippen molar-refractivity contribution in [2.75, 3.05) is 23.0 Å². The number of unbranched alkanes of at least 4 members (excludes halogenated alkanes) is 20. The molecular formula is C64H82N8S4. The summed E-state index contributed by atoms with van der Waals surface area (Å²) in [5, 5.41) is 4.22. The van der Waals surface area contributed by atoms with Crippen molar-refractivity contribution >= 4 is 91.2 Å². The minimum atomic E-state index is 0.664. The summed E-state index contributed by atoms with van der Waals surface area (Å²) in [7, 11) is 0. The highest BCUT2D eigenvalue weighted by atomic mass is 32.2. The molecule has 0 atom stereocenters. The number of fused-ring (bicyclic) bond motifs is 20. The Bertz CT molecular complexity index is 2950. The van der Waals surface area contributed by atoms with Gasteiger partial charge in [-0.15, -0.1) is 47.0 Å². The molecule has 76 heavy (non-hydrogen) atoms. The van der Waals surface area contributed by atoms with Crippen molar-refractivity contribution in [1.29, 1.82) is 0 Å². The van der Waals surface area contributed by atoms with Gasteiger partial charge in [0.05, 0.1) is 0 Å². The van der Waals surface area contributed by atoms with Gasteiger partial charge in [0.15, 0.2) is 23.3 Å². The van der Waals surface area contributed by atoms with Gasteiger partial charge in [0.2, 0.25) is 0 Å². The number of nitrogens with one attached hydrogen (secondary N) is 2. The van der Waals surface area contributed by atoms with Gasteiger partial charge < -0.3 is 9.97 Å². The molecule has 0 radical (unpaired) electrons. The molecular weight excluding hydrogens is 1010 g/mol. The molecule has 0 saturated heterocycles. The first-order valence-corrected chi connectivity index (χ1v) is 33.4. The number of benzene rings is 4. The average molecular weight is 1090 g/mol. The van der Waals surface area contributed by atoms with E-state index in [9.17, 15) is 0 Å². The van der Waals surface area contributed by atoms with Crippen LogP contribution < -0.4 is 0 Å². The van der Waals surface area contributed by atoms with E-state index >= 15 is 0 Å². The SMILES string of the molecule is CCCCCCCCSc1cccc2c1-c1nc-2nc2[nH]c(nc3nc(nc4[nH]c(n1)c1cccc(SCCCCCCCC)c41)-c1cccc(SCCCCCCCC)c1-3)c1cccc(SCCCCCCCC)c21. The molecule has 9 rings (SSSR count). The second-order valence-corrected chi connectivity index (χ2v) is 25.3. The van der Waals surface area contributed by atoms with Gasteiger partial charge in [-0.3, -0.25) is 0 Å². The summed E-state index contributed by atoms with van der Waals surface area (Å²) in [5.41, 5.74) is 7.14. The molecule has 5 heterocycles. The summed E-state index contributed by atoms with van der Waals surface area (Å²) in [6.07, 6.45) is 30.5. The number of nitrogens with zero attached hydrogens (tertiary/aromatic N) is 6. The van der Waals surface area contributed by atoms with Crippen molar-refractivity contribution in [3.05, 3.63) is 72.8 Å². The van der Waals surface area contributed by atoms with Crippen LogP contribution >= 0.6 is 47.0 Å². The molecule has 7 aromatic rings. The maximum Gasteiger partial charge on any atom is 0.165 e. The number of hydrogen-bond acceptors (Lipinski definition) is 10. The van der Waals surface area contributed by atoms with E-state index in [-0.39, 0.29) is 0 Å². The molecule has 12 heteroatoms. The number of thioether (sulfide) groups is 4. The molecule has 0 saturated carbocycles. The normalized spacial score (nSPS) is 12.1. The fourth-order valence-electron chi connectivity index (χ4n) is 10.6. The smallest absolute Gasteiger partial charge is 0.165 e. The average Bonchev–Trinajstić information content (AvgIpc) is 4.19. The van der Waals surface area contributed by atoms with Gasteiger partial charge in [-0.1, -0.05) is 205 Å². The number of aromatic nitrogens is 8. The van der Waals surface area contributed by atoms with E-state index < -0.39 is 0 Å². The Hall–Kier alpha value is -4.36. The van der Waals surface area contributed by atoms with E-state index in [0.717, 1.165) is 89.4 Å². The minimum Gasteiger partial charge on any atom is -0.324 e. The van der Waals surface area contributed by atoms with Gasteiger partial charge in [0.1, 0.15) is 22.6 Å². The molecule has 8 nitrogen and oxygen atoms in total. The lowest BCUT2D eigenvalue weighted by Gasteiger charge is -2.08. The Morgan fingerprint density at radius 2 is 0.605 bits per heavy atom. The third-order valence-corrected chi connectivity index (χ3v) is 19.4. The molecule has 402 valence electrons. The molecule has 0 amide bonds. The van der Waals surface area contributed by atoms with Gasteiger partial charge in [-0.2, -0.15) is 0 Å². The first kappa shape index (κ1) is 56.4. The van der Waals surface area contributed by atoms with Crippen molar-refractivity contribution in [3.8, 4) is 45.6 Å². The standard InChI is InChI=1S/C64H82N8S4/c1-5-9-13-17-21-25-41-73-49-37-29-33-45-53(49)61-65-57(45)70-62-55-47(35-31-39-51(55)75-43-27-23-19-15-11-7-3)59(67-62)72-64-56-48(36-32-40-52(56)76-44-28-24-20-16-12-8-4)60(68-64)71-63-54-46(58(66-63)69-61)34-30-38-50(54)74-42-26-22-18-14-10-6-2/h29-40H,5-28,41-44H2,1-4H3,(H2,65,66,67,68,69,70,71,72). The number of hydrogen-bond donors (Lipinski definition) is 2. The lowest BCUT2D eigenvalue weighted by Crippen LogP contribution is -1.88. The lowest BCUT2D eigenvalue weighted by atomic mass is 10.1. The summed E-state index contributed by atoms with van der Waals surface area (Å²) < 4.78 is 0. The van der Waals surface area contributed by atoms with E-state index in [2.05, 4.69) is 110 Å². The summed E-state index contributed by atoms with van der Waals surface area (Å²) >= 11 is 7.71. The highest BCUT2D eigenvalue weighted by Gasteiger charge is 2.27. The van der Waals surface area contributed by atoms with Gasteiger partial charge in [-0.25, -0.2) is 29.9 Å². The molecule has 4 aromatic carbocycles. The first-order chi connectivity index (χ1) is 37.6. The van der Waals surface area contributed by atoms with Crippen LogP contribution in [0.15, 0.2) is 92.4 Å². The van der Waals surface area contributed by atoms with E-state index in [4.69, 9.17) is 29.9 Å². The maximum absolute atomic E-state index is 5.58. The minimum absolute atomic E-state index is 0.664. The second-order valence-electron chi connectivity index (χ2n) is 20.8. The molecule has 0 fully saturated rings. The van der Waals surface area contributed by atoms with Gasteiger partial charge in [0, 0.05) is 63.4 Å². The Morgan fingerprint density at radius 1 is 0.303 bits per heavy atom. The van der Waals surface area contributed by atoms with Crippen LogP contribution in [0, 0.1) is 0 Å². The van der Waals surface area contributed by atoms with Gasteiger partial charge in [-0.05, 0) is 73.0 Å². The zero-order chi connectivity index (χ0) is 52.3. The first-order valence-electron chi connectivity index (χ1n) is 29.5. The predicted octanol–water partition coefficient (Wildman–Crippen LogP) is 20.7. The fourth-order valence-corrected chi connectivity index (χ4v) is 15.0. The topological polar surface area (TPSA) is 109 Å². The molecule has 0 aliphatic carbocycles. The van der Waals surface area contributed by atoms with Crippen LogP contribution in [-0.2, 0) is 0 Å². The molecule has 2 aliphatic rings. The molecule has 0 unspecified atom stereocenters. The Labute approximate surface area is 470 Å². The van der Waals surface area contributed by atoms with Crippen molar-refractivity contribution < 1.29 is 0 Å². The summed E-state index contributed by atoms with van der Waals surface area (Å²) in [6.45, 7) is 9.15. The summed E-state index contributed by atoms with van der Waals surface area (Å²) in [5.74, 6) is 6.87. The highest BCUT2D eigenvalue weighted by Crippen LogP contribution is 2.45. The zero-order valence-corrected chi connectivity index (χ0v) is 49.3. The number of aromatic amines is 2. The van der Waals surface area contributed by atoms with Crippen LogP contribution in [-0.4, -0.2) is 62.9 Å². The van der Waals surface area contributed by atoms with Crippen LogP contribution in [0.25, 0.3) is 89.7 Å². The van der Waals surface area contributed by atoms with Crippen LogP contribution in [0.3, 0.4) is 0 Å². The van der Waals surface area contributed by atoms with Crippen LogP contribution in [0.1, 0.15) is 182 Å². The Balaban J connectivity index is 1.23. The van der Waals surface area contributed by atoms with Gasteiger partial charge in [0.25, 0.3) is 0 Å². The van der Waals surface area contributed by atoms with Crippen molar-refractivity contribution in [1.82, 2.24) is 39.9 Å². The molecule has 3 aromatic heterocycles. The molecule has 8 bridgehead atoms. The van der Waals surface area contributed by atoms with Crippen molar-refractivity contribution in [2.45, 2.75) is 201 Å².